The number of aromatic nitrogens is 6. The Bertz CT molecular complexity index is 466. The summed E-state index contributed by atoms with van der Waals surface area (Å²) in [6.45, 7) is 0.725. The molecule has 0 amide bonds. The Balaban J connectivity index is 2.01. The molecule has 6 nitrogen and oxygen atoms in total. The van der Waals surface area contributed by atoms with Gasteiger partial charge in [0.15, 0.2) is 0 Å². The maximum absolute atomic E-state index is 4.94. The normalized spacial score (nSPS) is 10.6. The fraction of sp³-hybridized carbons (Fsp3) is 0.429. The molecule has 2 aromatic rings. The van der Waals surface area contributed by atoms with E-state index in [4.69, 9.17) is 12.2 Å². The van der Waals surface area contributed by atoms with Crippen molar-refractivity contribution in [3.8, 4) is 0 Å². The van der Waals surface area contributed by atoms with Crippen molar-refractivity contribution in [2.24, 2.45) is 7.05 Å². The first kappa shape index (κ1) is 9.07. The molecule has 14 heavy (non-hydrogen) atoms. The van der Waals surface area contributed by atoms with Crippen molar-refractivity contribution < 1.29 is 0 Å². The molecule has 0 aliphatic rings. The second-order valence-electron chi connectivity index (χ2n) is 3.01. The Hall–Kier alpha value is -1.50. The minimum absolute atomic E-state index is 0.473. The van der Waals surface area contributed by atoms with Crippen LogP contribution in [0.2, 0.25) is 0 Å². The smallest absolute Gasteiger partial charge is 0.238 e. The third-order valence-corrected chi connectivity index (χ3v) is 2.18. The number of hydrogen-bond acceptors (Lipinski definition) is 4. The van der Waals surface area contributed by atoms with E-state index in [0.717, 1.165) is 18.7 Å². The number of aromatic amines is 1. The second kappa shape index (κ2) is 3.70. The van der Waals surface area contributed by atoms with E-state index in [0.29, 0.717) is 4.77 Å². The molecule has 2 aromatic heterocycles. The summed E-state index contributed by atoms with van der Waals surface area (Å²) in [5.74, 6) is 0. The van der Waals surface area contributed by atoms with Gasteiger partial charge in [-0.1, -0.05) is 10.3 Å². The van der Waals surface area contributed by atoms with Crippen molar-refractivity contribution in [3.05, 3.63) is 23.0 Å². The van der Waals surface area contributed by atoms with Crippen molar-refractivity contribution >= 4 is 12.2 Å². The minimum atomic E-state index is 0.473. The third kappa shape index (κ3) is 1.87. The van der Waals surface area contributed by atoms with Crippen molar-refractivity contribution in [2.75, 3.05) is 0 Å². The van der Waals surface area contributed by atoms with Gasteiger partial charge in [-0.15, -0.1) is 0 Å². The molecule has 74 valence electrons. The van der Waals surface area contributed by atoms with E-state index in [1.165, 1.54) is 0 Å². The van der Waals surface area contributed by atoms with Crippen LogP contribution in [-0.4, -0.2) is 29.8 Å². The fourth-order valence-corrected chi connectivity index (χ4v) is 1.36. The topological polar surface area (TPSA) is 64.3 Å². The average Bonchev–Trinajstić information content (AvgIpc) is 2.72. The molecule has 0 bridgehead atoms. The van der Waals surface area contributed by atoms with Crippen LogP contribution < -0.4 is 0 Å². The molecule has 0 radical (unpaired) electrons. The first-order valence-electron chi connectivity index (χ1n) is 4.20. The molecule has 0 fully saturated rings. The maximum Gasteiger partial charge on any atom is 0.238 e. The van der Waals surface area contributed by atoms with Crippen LogP contribution >= 0.6 is 12.2 Å². The molecule has 0 spiro atoms. The van der Waals surface area contributed by atoms with Gasteiger partial charge in [0.25, 0.3) is 0 Å². The predicted molar refractivity (Wildman–Crippen MR) is 52.1 cm³/mol. The van der Waals surface area contributed by atoms with Gasteiger partial charge in [-0.05, 0) is 12.2 Å². The van der Waals surface area contributed by atoms with Crippen LogP contribution in [0.4, 0.5) is 0 Å². The van der Waals surface area contributed by atoms with Crippen LogP contribution in [-0.2, 0) is 20.0 Å². The molecule has 0 aliphatic heterocycles. The van der Waals surface area contributed by atoms with Crippen LogP contribution in [0.15, 0.2) is 12.5 Å². The maximum atomic E-state index is 4.94. The van der Waals surface area contributed by atoms with E-state index >= 15 is 0 Å². The minimum Gasteiger partial charge on any atom is -0.340 e. The van der Waals surface area contributed by atoms with Gasteiger partial charge < -0.3 is 4.57 Å². The second-order valence-corrected chi connectivity index (χ2v) is 3.38. The van der Waals surface area contributed by atoms with E-state index in [2.05, 4.69) is 20.5 Å². The quantitative estimate of drug-likeness (QED) is 0.741. The fourth-order valence-electron chi connectivity index (χ4n) is 1.18. The van der Waals surface area contributed by atoms with Crippen molar-refractivity contribution in [2.45, 2.75) is 13.0 Å². The van der Waals surface area contributed by atoms with Gasteiger partial charge in [0.05, 0.1) is 12.0 Å². The molecule has 2 heterocycles. The van der Waals surface area contributed by atoms with Crippen LogP contribution in [0.5, 0.6) is 0 Å². The lowest BCUT2D eigenvalue weighted by atomic mass is 10.3. The van der Waals surface area contributed by atoms with Crippen molar-refractivity contribution in [3.63, 3.8) is 0 Å². The van der Waals surface area contributed by atoms with Gasteiger partial charge in [-0.25, -0.2) is 9.67 Å². The van der Waals surface area contributed by atoms with E-state index < -0.39 is 0 Å². The molecule has 0 saturated heterocycles. The van der Waals surface area contributed by atoms with Crippen LogP contribution in [0.1, 0.15) is 5.69 Å². The number of nitrogens with zero attached hydrogens (tertiary/aromatic N) is 5. The summed E-state index contributed by atoms with van der Waals surface area (Å²) in [5, 5.41) is 9.98. The highest BCUT2D eigenvalue weighted by Crippen LogP contribution is 1.97. The summed E-state index contributed by atoms with van der Waals surface area (Å²) in [6, 6.07) is 0. The third-order valence-electron chi connectivity index (χ3n) is 1.88. The molecule has 0 aromatic carbocycles. The molecule has 1 N–H and O–H groups in total. The van der Waals surface area contributed by atoms with E-state index in [-0.39, 0.29) is 0 Å². The van der Waals surface area contributed by atoms with Gasteiger partial charge in [0.1, 0.15) is 0 Å². The molecule has 7 heteroatoms. The van der Waals surface area contributed by atoms with Crippen LogP contribution in [0.3, 0.4) is 0 Å². The molecular weight excluding hydrogens is 200 g/mol. The summed E-state index contributed by atoms with van der Waals surface area (Å²) < 4.78 is 4.10. The molecule has 0 saturated carbocycles. The van der Waals surface area contributed by atoms with Crippen molar-refractivity contribution in [1.82, 2.24) is 29.8 Å². The average molecular weight is 210 g/mol. The zero-order valence-electron chi connectivity index (χ0n) is 7.71. The largest absolute Gasteiger partial charge is 0.340 e. The summed E-state index contributed by atoms with van der Waals surface area (Å²) in [7, 11) is 1.94. The molecular formula is C7H10N6S. The Morgan fingerprint density at radius 2 is 2.43 bits per heavy atom. The number of tetrazole rings is 1. The molecule has 0 unspecified atom stereocenters. The summed E-state index contributed by atoms with van der Waals surface area (Å²) in [4.78, 5) is 4.21. The number of nitrogens with one attached hydrogen (secondary N) is 1. The van der Waals surface area contributed by atoms with Crippen LogP contribution in [0, 0.1) is 4.77 Å². The highest BCUT2D eigenvalue weighted by molar-refractivity contribution is 7.71. The Labute approximate surface area is 85.6 Å². The monoisotopic (exact) mass is 210 g/mol. The Morgan fingerprint density at radius 1 is 1.57 bits per heavy atom. The molecule has 0 atom stereocenters. The van der Waals surface area contributed by atoms with Crippen molar-refractivity contribution in [1.29, 1.82) is 0 Å². The lowest BCUT2D eigenvalue weighted by Crippen LogP contribution is -2.03. The lowest BCUT2D eigenvalue weighted by Gasteiger charge is -1.97. The van der Waals surface area contributed by atoms with Gasteiger partial charge >= 0.3 is 0 Å². The number of imidazole rings is 1. The first-order valence-corrected chi connectivity index (χ1v) is 4.61. The van der Waals surface area contributed by atoms with Gasteiger partial charge in [0.2, 0.25) is 4.77 Å². The zero-order valence-corrected chi connectivity index (χ0v) is 8.53. The Morgan fingerprint density at radius 3 is 3.00 bits per heavy atom. The summed E-state index contributed by atoms with van der Waals surface area (Å²) in [6.07, 6.45) is 4.58. The first-order chi connectivity index (χ1) is 6.75. The molecule has 2 rings (SSSR count). The Kier molecular flexibility index (Phi) is 2.40. The zero-order chi connectivity index (χ0) is 9.97. The number of hydrogen-bond donors (Lipinski definition) is 1. The highest BCUT2D eigenvalue weighted by Gasteiger charge is 1.99. The van der Waals surface area contributed by atoms with E-state index in [9.17, 15) is 0 Å². The standard InChI is InChI=1S/C7H10N6S/c1-12-4-6(8-5-12)2-3-13-7(14)9-10-11-13/h4-5H,2-3H2,1H3,(H,9,11,14). The van der Waals surface area contributed by atoms with Crippen LogP contribution in [0.25, 0.3) is 0 Å². The number of rotatable bonds is 3. The lowest BCUT2D eigenvalue weighted by molar-refractivity contribution is 0.579. The summed E-state index contributed by atoms with van der Waals surface area (Å²) in [5.41, 5.74) is 1.03. The number of H-pyrrole nitrogens is 1. The highest BCUT2D eigenvalue weighted by atomic mass is 32.1. The van der Waals surface area contributed by atoms with Gasteiger partial charge in [-0.3, -0.25) is 0 Å². The molecule has 0 aliphatic carbocycles. The number of aryl methyl sites for hydroxylation is 3. The van der Waals surface area contributed by atoms with Gasteiger partial charge in [0, 0.05) is 26.2 Å². The van der Waals surface area contributed by atoms with E-state index in [1.807, 2.05) is 17.8 Å². The van der Waals surface area contributed by atoms with Gasteiger partial charge in [-0.2, -0.15) is 5.21 Å². The summed E-state index contributed by atoms with van der Waals surface area (Å²) >= 11 is 4.94. The predicted octanol–water partition coefficient (Wildman–Crippen LogP) is 0.312. The van der Waals surface area contributed by atoms with E-state index in [1.54, 1.807) is 11.0 Å². The SMILES string of the molecule is Cn1cnc(CCn2[nH]nnc2=S)c1.